The molecule has 3 aromatic carbocycles. The van der Waals surface area contributed by atoms with Gasteiger partial charge in [0.25, 0.3) is 0 Å². The number of amides is 3. The molecule has 10 nitrogen and oxygen atoms in total. The van der Waals surface area contributed by atoms with Crippen LogP contribution in [-0.4, -0.2) is 45.8 Å². The van der Waals surface area contributed by atoms with Crippen molar-refractivity contribution in [1.29, 1.82) is 0 Å². The second-order valence-corrected chi connectivity index (χ2v) is 14.2. The Morgan fingerprint density at radius 1 is 0.889 bits per heavy atom. The number of nitrogens with two attached hydrogens (primary N) is 1. The molecule has 0 saturated heterocycles. The maximum atomic E-state index is 14.1. The van der Waals surface area contributed by atoms with E-state index in [0.717, 1.165) is 27.6 Å². The molecule has 238 valence electrons. The summed E-state index contributed by atoms with van der Waals surface area (Å²) in [5, 5.41) is 6.25. The van der Waals surface area contributed by atoms with Gasteiger partial charge in [-0.3, -0.25) is 14.2 Å². The minimum absolute atomic E-state index is 0.00207. The number of para-hydroxylation sites is 1. The molecule has 0 bridgehead atoms. The molecule has 1 aromatic heterocycles. The number of nitrogens with one attached hydrogen (secondary N) is 3. The van der Waals surface area contributed by atoms with Crippen LogP contribution < -0.4 is 16.4 Å². The quantitative estimate of drug-likeness (QED) is 0.114. The Balaban J connectivity index is 1.51. The molecule has 11 heteroatoms. The second-order valence-electron chi connectivity index (χ2n) is 11.7. The van der Waals surface area contributed by atoms with Gasteiger partial charge in [-0.15, -0.1) is 0 Å². The van der Waals surface area contributed by atoms with E-state index in [1.54, 1.807) is 42.6 Å². The van der Waals surface area contributed by atoms with Gasteiger partial charge in [0, 0.05) is 42.0 Å². The molecule has 0 spiro atoms. The first-order chi connectivity index (χ1) is 21.5. The molecule has 0 fully saturated rings. The predicted octanol–water partition coefficient (Wildman–Crippen LogP) is 5.11. The van der Waals surface area contributed by atoms with E-state index in [4.69, 9.17) is 10.5 Å². The van der Waals surface area contributed by atoms with Crippen molar-refractivity contribution in [1.82, 2.24) is 15.6 Å². The number of aromatic nitrogens is 1. The van der Waals surface area contributed by atoms with Crippen LogP contribution in [0.15, 0.2) is 91.1 Å². The summed E-state index contributed by atoms with van der Waals surface area (Å²) in [6.07, 6.45) is 1.01. The Labute approximate surface area is 263 Å². The maximum absolute atomic E-state index is 14.1. The van der Waals surface area contributed by atoms with E-state index in [2.05, 4.69) is 15.6 Å². The van der Waals surface area contributed by atoms with Gasteiger partial charge in [0.15, 0.2) is 0 Å². The summed E-state index contributed by atoms with van der Waals surface area (Å²) in [4.78, 5) is 53.6. The first kappa shape index (κ1) is 33.5. The molecule has 0 aliphatic rings. The van der Waals surface area contributed by atoms with Gasteiger partial charge in [-0.2, -0.15) is 0 Å². The highest BCUT2D eigenvalue weighted by Crippen LogP contribution is 2.49. The first-order valence-corrected chi connectivity index (χ1v) is 16.9. The van der Waals surface area contributed by atoms with Crippen LogP contribution >= 0.6 is 7.37 Å². The largest absolute Gasteiger partial charge is 0.445 e. The lowest BCUT2D eigenvalue weighted by Crippen LogP contribution is -2.49. The standard InChI is InChI=1S/C34H41N4O6P/c1-23(2)17-27(33(40)37-30(32(35)39)19-26-20-36-29-16-10-9-15-28(26)29)22-45(42,43)31(18-24-11-5-3-6-12-24)38-34(41)44-21-25-13-7-4-8-14-25/h3-16,20,23,27,30-31,36H,17-19,21-22H2,1-2H3,(H2,35,39)(H,37,40)(H,38,41)(H,42,43). The van der Waals surface area contributed by atoms with Gasteiger partial charge in [0.1, 0.15) is 18.4 Å². The van der Waals surface area contributed by atoms with Gasteiger partial charge in [-0.05, 0) is 35.1 Å². The number of benzene rings is 3. The SMILES string of the molecule is CC(C)CC(CP(=O)(O)C(Cc1ccccc1)NC(=O)OCc1ccccc1)C(=O)NC(Cc1c[nH]c2ccccc12)C(N)=O. The fraction of sp³-hybridized carbons (Fsp3) is 0.324. The summed E-state index contributed by atoms with van der Waals surface area (Å²) in [6.45, 7) is 3.80. The molecule has 4 rings (SSSR count). The molecule has 1 heterocycles. The molecule has 0 aliphatic heterocycles. The number of rotatable bonds is 15. The lowest BCUT2D eigenvalue weighted by Gasteiger charge is -2.28. The van der Waals surface area contributed by atoms with Crippen LogP contribution in [0.25, 0.3) is 10.9 Å². The third-order valence-electron chi connectivity index (χ3n) is 7.62. The molecular weight excluding hydrogens is 591 g/mol. The first-order valence-electron chi connectivity index (χ1n) is 15.0. The van der Waals surface area contributed by atoms with Crippen LogP contribution in [0.3, 0.4) is 0 Å². The Morgan fingerprint density at radius 2 is 1.51 bits per heavy atom. The van der Waals surface area contributed by atoms with Crippen molar-refractivity contribution in [3.8, 4) is 0 Å². The summed E-state index contributed by atoms with van der Waals surface area (Å²) in [6, 6.07) is 24.7. The number of carbonyl (C=O) groups is 3. The average Bonchev–Trinajstić information content (AvgIpc) is 3.42. The summed E-state index contributed by atoms with van der Waals surface area (Å²) < 4.78 is 19.4. The van der Waals surface area contributed by atoms with Crippen LogP contribution in [0.5, 0.6) is 0 Å². The second kappa shape index (κ2) is 15.5. The van der Waals surface area contributed by atoms with Crippen LogP contribution in [0.2, 0.25) is 0 Å². The van der Waals surface area contributed by atoms with Crippen LogP contribution in [0.4, 0.5) is 4.79 Å². The minimum atomic E-state index is -4.23. The number of H-pyrrole nitrogens is 1. The van der Waals surface area contributed by atoms with E-state index in [0.29, 0.717) is 0 Å². The molecule has 0 saturated carbocycles. The van der Waals surface area contributed by atoms with E-state index < -0.39 is 49.2 Å². The normalized spacial score (nSPS) is 14.7. The van der Waals surface area contributed by atoms with Crippen LogP contribution in [-0.2, 0) is 38.3 Å². The molecule has 4 aromatic rings. The Kier molecular flexibility index (Phi) is 11.6. The number of fused-ring (bicyclic) bond motifs is 1. The summed E-state index contributed by atoms with van der Waals surface area (Å²) in [5.41, 5.74) is 8.90. The van der Waals surface area contributed by atoms with Crippen LogP contribution in [0, 0.1) is 11.8 Å². The van der Waals surface area contributed by atoms with Gasteiger partial charge in [0.2, 0.25) is 19.2 Å². The fourth-order valence-electron chi connectivity index (χ4n) is 5.34. The number of hydrogen-bond acceptors (Lipinski definition) is 5. The van der Waals surface area contributed by atoms with Crippen molar-refractivity contribution < 1.29 is 28.6 Å². The summed E-state index contributed by atoms with van der Waals surface area (Å²) in [5.74, 6) is -3.41. The van der Waals surface area contributed by atoms with Crippen molar-refractivity contribution in [2.45, 2.75) is 51.5 Å². The molecule has 0 radical (unpaired) electrons. The van der Waals surface area contributed by atoms with Crippen molar-refractivity contribution in [3.63, 3.8) is 0 Å². The fourth-order valence-corrected chi connectivity index (χ4v) is 7.35. The van der Waals surface area contributed by atoms with Gasteiger partial charge < -0.3 is 31.0 Å². The molecule has 3 amide bonds. The molecule has 0 aliphatic carbocycles. The Bertz CT molecular complexity index is 1630. The van der Waals surface area contributed by atoms with Crippen molar-refractivity contribution >= 4 is 36.2 Å². The highest BCUT2D eigenvalue weighted by molar-refractivity contribution is 7.58. The number of aromatic amines is 1. The Morgan fingerprint density at radius 3 is 2.16 bits per heavy atom. The molecular formula is C34H41N4O6P. The van der Waals surface area contributed by atoms with E-state index in [1.807, 2.05) is 62.4 Å². The molecule has 4 unspecified atom stereocenters. The number of primary amides is 1. The van der Waals surface area contributed by atoms with E-state index in [-0.39, 0.29) is 31.8 Å². The lowest BCUT2D eigenvalue weighted by molar-refractivity contribution is -0.129. The monoisotopic (exact) mass is 632 g/mol. The minimum Gasteiger partial charge on any atom is -0.445 e. The number of carbonyl (C=O) groups excluding carboxylic acids is 3. The maximum Gasteiger partial charge on any atom is 0.408 e. The zero-order chi connectivity index (χ0) is 32.4. The molecule has 6 N–H and O–H groups in total. The van der Waals surface area contributed by atoms with E-state index >= 15 is 0 Å². The zero-order valence-electron chi connectivity index (χ0n) is 25.5. The van der Waals surface area contributed by atoms with Crippen molar-refractivity contribution in [3.05, 3.63) is 108 Å². The average molecular weight is 633 g/mol. The number of ether oxygens (including phenoxy) is 1. The highest BCUT2D eigenvalue weighted by atomic mass is 31.2. The number of alkyl carbamates (subject to hydrolysis) is 1. The lowest BCUT2D eigenvalue weighted by atomic mass is 9.97. The predicted molar refractivity (Wildman–Crippen MR) is 174 cm³/mol. The highest BCUT2D eigenvalue weighted by Gasteiger charge is 2.38. The molecule has 45 heavy (non-hydrogen) atoms. The summed E-state index contributed by atoms with van der Waals surface area (Å²) >= 11 is 0. The molecule has 4 atom stereocenters. The zero-order valence-corrected chi connectivity index (χ0v) is 26.4. The van der Waals surface area contributed by atoms with Gasteiger partial charge in [-0.1, -0.05) is 92.7 Å². The van der Waals surface area contributed by atoms with E-state index in [9.17, 15) is 23.8 Å². The Hall–Kier alpha value is -4.40. The third-order valence-corrected chi connectivity index (χ3v) is 9.87. The van der Waals surface area contributed by atoms with E-state index in [1.165, 1.54) is 0 Å². The summed E-state index contributed by atoms with van der Waals surface area (Å²) in [7, 11) is -4.23. The van der Waals surface area contributed by atoms with Gasteiger partial charge in [-0.25, -0.2) is 4.79 Å². The van der Waals surface area contributed by atoms with Gasteiger partial charge >= 0.3 is 6.09 Å². The third kappa shape index (κ3) is 9.80. The number of hydrogen-bond donors (Lipinski definition) is 5. The van der Waals surface area contributed by atoms with Crippen molar-refractivity contribution in [2.24, 2.45) is 17.6 Å². The topological polar surface area (TPSA) is 164 Å². The van der Waals surface area contributed by atoms with Crippen molar-refractivity contribution in [2.75, 3.05) is 6.16 Å². The smallest absolute Gasteiger partial charge is 0.408 e. The van der Waals surface area contributed by atoms with Gasteiger partial charge in [0.05, 0.1) is 0 Å². The van der Waals surface area contributed by atoms with Crippen LogP contribution in [0.1, 0.15) is 37.0 Å².